The molecule has 0 radical (unpaired) electrons. The third kappa shape index (κ3) is 2.76. The van der Waals surface area contributed by atoms with Gasteiger partial charge in [-0.25, -0.2) is 9.79 Å². The lowest BCUT2D eigenvalue weighted by atomic mass is 10.2. The Labute approximate surface area is 109 Å². The van der Waals surface area contributed by atoms with Crippen molar-refractivity contribution in [3.8, 4) is 0 Å². The Morgan fingerprint density at radius 2 is 1.95 bits per heavy atom. The molecule has 0 unspecified atom stereocenters. The first kappa shape index (κ1) is 12.7. The van der Waals surface area contributed by atoms with E-state index in [2.05, 4.69) is 4.99 Å². The fourth-order valence-electron chi connectivity index (χ4n) is 1.49. The van der Waals surface area contributed by atoms with Crippen LogP contribution in [0.15, 0.2) is 41.2 Å². The molecule has 0 bridgehead atoms. The van der Waals surface area contributed by atoms with Gasteiger partial charge in [0.1, 0.15) is 0 Å². The van der Waals surface area contributed by atoms with Gasteiger partial charge in [0.05, 0.1) is 4.92 Å². The summed E-state index contributed by atoms with van der Waals surface area (Å²) < 4.78 is 5.01. The Hall–Kier alpha value is -2.70. The molecule has 0 amide bonds. The molecule has 7 nitrogen and oxygen atoms in total. The first-order valence-electron chi connectivity index (χ1n) is 5.41. The van der Waals surface area contributed by atoms with Crippen LogP contribution < -0.4 is 0 Å². The molecule has 98 valence electrons. The Bertz CT molecular complexity index is 587. The molecule has 0 saturated heterocycles. The number of cyclic esters (lactones) is 1. The summed E-state index contributed by atoms with van der Waals surface area (Å²) in [5.74, 6) is -0.393. The molecule has 1 aliphatic rings. The zero-order valence-corrected chi connectivity index (χ0v) is 10.4. The van der Waals surface area contributed by atoms with Gasteiger partial charge in [0.15, 0.2) is 5.70 Å². The maximum atomic E-state index is 11.5. The van der Waals surface area contributed by atoms with Gasteiger partial charge >= 0.3 is 5.97 Å². The number of benzene rings is 1. The van der Waals surface area contributed by atoms with Gasteiger partial charge in [-0.05, 0) is 12.1 Å². The molecule has 0 fully saturated rings. The monoisotopic (exact) mass is 261 g/mol. The predicted molar refractivity (Wildman–Crippen MR) is 67.5 cm³/mol. The maximum Gasteiger partial charge on any atom is 0.365 e. The Kier molecular flexibility index (Phi) is 3.28. The fraction of sp³-hybridized carbons (Fsp3) is 0.167. The number of rotatable bonds is 3. The second-order valence-electron chi connectivity index (χ2n) is 4.09. The number of non-ortho nitro benzene ring substituents is 1. The van der Waals surface area contributed by atoms with Crippen LogP contribution in [0.25, 0.3) is 0 Å². The van der Waals surface area contributed by atoms with E-state index < -0.39 is 10.9 Å². The summed E-state index contributed by atoms with van der Waals surface area (Å²) in [6, 6.07) is 5.64. The van der Waals surface area contributed by atoms with E-state index >= 15 is 0 Å². The van der Waals surface area contributed by atoms with E-state index in [1.54, 1.807) is 25.2 Å². The van der Waals surface area contributed by atoms with E-state index in [1.165, 1.54) is 24.3 Å². The lowest BCUT2D eigenvalue weighted by Crippen LogP contribution is -2.07. The van der Waals surface area contributed by atoms with Gasteiger partial charge in [0, 0.05) is 38.0 Å². The highest BCUT2D eigenvalue weighted by atomic mass is 16.6. The summed E-state index contributed by atoms with van der Waals surface area (Å²) in [5.41, 5.74) is 0.678. The van der Waals surface area contributed by atoms with Crippen molar-refractivity contribution in [1.82, 2.24) is 4.90 Å². The van der Waals surface area contributed by atoms with E-state index in [1.807, 2.05) is 0 Å². The first-order valence-corrected chi connectivity index (χ1v) is 5.41. The smallest absolute Gasteiger partial charge is 0.365 e. The molecule has 2 rings (SSSR count). The Morgan fingerprint density at radius 3 is 2.47 bits per heavy atom. The molecule has 0 aromatic heterocycles. The molecule has 0 N–H and O–H groups in total. The number of carbonyl (C=O) groups is 1. The van der Waals surface area contributed by atoms with Crippen LogP contribution >= 0.6 is 0 Å². The van der Waals surface area contributed by atoms with Gasteiger partial charge in [-0.2, -0.15) is 0 Å². The van der Waals surface area contributed by atoms with E-state index in [-0.39, 0.29) is 17.3 Å². The van der Waals surface area contributed by atoms with Crippen molar-refractivity contribution in [2.75, 3.05) is 14.1 Å². The third-order valence-electron chi connectivity index (χ3n) is 2.33. The Balaban J connectivity index is 2.28. The normalized spacial score (nSPS) is 16.2. The van der Waals surface area contributed by atoms with Crippen molar-refractivity contribution in [3.63, 3.8) is 0 Å². The number of nitrogens with zero attached hydrogens (tertiary/aromatic N) is 3. The molecule has 0 spiro atoms. The van der Waals surface area contributed by atoms with Crippen LogP contribution in [0, 0.1) is 10.1 Å². The summed E-state index contributed by atoms with van der Waals surface area (Å²) in [6.07, 6.45) is 1.54. The highest BCUT2D eigenvalue weighted by molar-refractivity contribution is 6.11. The van der Waals surface area contributed by atoms with Gasteiger partial charge in [-0.1, -0.05) is 0 Å². The number of aliphatic imine (C=N–C) groups is 1. The predicted octanol–water partition coefficient (Wildman–Crippen LogP) is 1.30. The van der Waals surface area contributed by atoms with Crippen LogP contribution in [0.2, 0.25) is 0 Å². The molecular weight excluding hydrogens is 250 g/mol. The van der Waals surface area contributed by atoms with Crippen LogP contribution in [-0.2, 0) is 9.53 Å². The second-order valence-corrected chi connectivity index (χ2v) is 4.09. The molecule has 0 atom stereocenters. The lowest BCUT2D eigenvalue weighted by molar-refractivity contribution is -0.384. The first-order chi connectivity index (χ1) is 8.97. The molecule has 1 heterocycles. The third-order valence-corrected chi connectivity index (χ3v) is 2.33. The van der Waals surface area contributed by atoms with E-state index in [4.69, 9.17) is 4.74 Å². The van der Waals surface area contributed by atoms with Gasteiger partial charge in [-0.15, -0.1) is 0 Å². The Morgan fingerprint density at radius 1 is 1.32 bits per heavy atom. The maximum absolute atomic E-state index is 11.5. The SMILES string of the molecule is CN(C)C=C1N=C(c2ccc([N+](=O)[O-])cc2)OC1=O. The summed E-state index contributed by atoms with van der Waals surface area (Å²) in [5, 5.41) is 10.5. The minimum absolute atomic E-state index is 0.0299. The second kappa shape index (κ2) is 4.89. The van der Waals surface area contributed by atoms with Crippen molar-refractivity contribution in [1.29, 1.82) is 0 Å². The number of esters is 1. The van der Waals surface area contributed by atoms with Crippen LogP contribution in [0.4, 0.5) is 5.69 Å². The van der Waals surface area contributed by atoms with Gasteiger partial charge < -0.3 is 9.64 Å². The zero-order valence-electron chi connectivity index (χ0n) is 10.4. The molecule has 1 aliphatic heterocycles. The summed E-state index contributed by atoms with van der Waals surface area (Å²) in [6.45, 7) is 0. The molecule has 1 aromatic carbocycles. The molecule has 0 aliphatic carbocycles. The lowest BCUT2D eigenvalue weighted by Gasteiger charge is -2.02. The van der Waals surface area contributed by atoms with Crippen LogP contribution in [0.1, 0.15) is 5.56 Å². The van der Waals surface area contributed by atoms with Crippen molar-refractivity contribution in [2.24, 2.45) is 4.99 Å². The fourth-order valence-corrected chi connectivity index (χ4v) is 1.49. The molecule has 19 heavy (non-hydrogen) atoms. The van der Waals surface area contributed by atoms with Gasteiger partial charge in [0.2, 0.25) is 5.90 Å². The molecule has 7 heteroatoms. The van der Waals surface area contributed by atoms with Crippen LogP contribution in [-0.4, -0.2) is 35.8 Å². The number of nitro groups is 1. The number of hydrogen-bond acceptors (Lipinski definition) is 6. The summed E-state index contributed by atoms with van der Waals surface area (Å²) in [7, 11) is 3.53. The van der Waals surface area contributed by atoms with Crippen molar-refractivity contribution >= 4 is 17.6 Å². The molecule has 1 aromatic rings. The molecular formula is C12H11N3O4. The zero-order chi connectivity index (χ0) is 14.0. The van der Waals surface area contributed by atoms with Crippen LogP contribution in [0.3, 0.4) is 0 Å². The minimum Gasteiger partial charge on any atom is -0.402 e. The van der Waals surface area contributed by atoms with E-state index in [9.17, 15) is 14.9 Å². The largest absolute Gasteiger partial charge is 0.402 e. The number of hydrogen-bond donors (Lipinski definition) is 0. The standard InChI is InChI=1S/C12H11N3O4/c1-14(2)7-10-12(16)19-11(13-10)8-3-5-9(6-4-8)15(17)18/h3-7H,1-2H3. The average molecular weight is 261 g/mol. The van der Waals surface area contributed by atoms with Crippen molar-refractivity contribution in [3.05, 3.63) is 51.8 Å². The quantitative estimate of drug-likeness (QED) is 0.354. The van der Waals surface area contributed by atoms with Crippen molar-refractivity contribution in [2.45, 2.75) is 0 Å². The average Bonchev–Trinajstić information content (AvgIpc) is 2.70. The van der Waals surface area contributed by atoms with E-state index in [0.717, 1.165) is 0 Å². The van der Waals surface area contributed by atoms with Crippen molar-refractivity contribution < 1.29 is 14.5 Å². The van der Waals surface area contributed by atoms with E-state index in [0.29, 0.717) is 5.56 Å². The van der Waals surface area contributed by atoms with Crippen LogP contribution in [0.5, 0.6) is 0 Å². The van der Waals surface area contributed by atoms with Gasteiger partial charge in [0.25, 0.3) is 5.69 Å². The highest BCUT2D eigenvalue weighted by Crippen LogP contribution is 2.18. The number of ether oxygens (including phenoxy) is 1. The molecule has 0 saturated carbocycles. The number of carbonyl (C=O) groups excluding carboxylic acids is 1. The van der Waals surface area contributed by atoms with Gasteiger partial charge in [-0.3, -0.25) is 10.1 Å². The topological polar surface area (TPSA) is 85.0 Å². The summed E-state index contributed by atoms with van der Waals surface area (Å²) in [4.78, 5) is 27.3. The summed E-state index contributed by atoms with van der Waals surface area (Å²) >= 11 is 0. The minimum atomic E-state index is -0.540. The highest BCUT2D eigenvalue weighted by Gasteiger charge is 2.24. The number of nitro benzene ring substituents is 1.